The van der Waals surface area contributed by atoms with Crippen molar-refractivity contribution in [2.24, 2.45) is 0 Å². The molecule has 2 N–H and O–H groups in total. The van der Waals surface area contributed by atoms with Crippen molar-refractivity contribution < 1.29 is 0 Å². The van der Waals surface area contributed by atoms with Gasteiger partial charge < -0.3 is 4.98 Å². The van der Waals surface area contributed by atoms with Crippen molar-refractivity contribution in [3.63, 3.8) is 0 Å². The van der Waals surface area contributed by atoms with E-state index >= 15 is 0 Å². The van der Waals surface area contributed by atoms with E-state index < -0.39 is 0 Å². The molecule has 5 aromatic heterocycles. The fourth-order valence-electron chi connectivity index (χ4n) is 3.65. The maximum absolute atomic E-state index is 4.70. The van der Waals surface area contributed by atoms with Gasteiger partial charge in [-0.25, -0.2) is 9.97 Å². The van der Waals surface area contributed by atoms with E-state index in [1.165, 1.54) is 0 Å². The summed E-state index contributed by atoms with van der Waals surface area (Å²) in [5, 5.41) is 8.58. The monoisotopic (exact) mass is 389 g/mol. The molecule has 0 aliphatic rings. The molecule has 1 aromatic carbocycles. The number of benzene rings is 1. The lowest BCUT2D eigenvalue weighted by Crippen LogP contribution is -1.85. The van der Waals surface area contributed by atoms with E-state index in [4.69, 9.17) is 4.98 Å². The Kier molecular flexibility index (Phi) is 3.64. The van der Waals surface area contributed by atoms with Gasteiger partial charge in [0.1, 0.15) is 5.69 Å². The van der Waals surface area contributed by atoms with E-state index in [-0.39, 0.29) is 0 Å². The highest BCUT2D eigenvalue weighted by atomic mass is 15.1. The first-order valence-electron chi connectivity index (χ1n) is 9.53. The quantitative estimate of drug-likeness (QED) is 0.460. The van der Waals surface area contributed by atoms with E-state index in [0.717, 1.165) is 44.6 Å². The summed E-state index contributed by atoms with van der Waals surface area (Å²) in [5.74, 6) is 0.658. The van der Waals surface area contributed by atoms with E-state index in [9.17, 15) is 0 Å². The Morgan fingerprint density at radius 2 is 1.57 bits per heavy atom. The van der Waals surface area contributed by atoms with Crippen LogP contribution in [-0.2, 0) is 0 Å². The fraction of sp³-hybridized carbons (Fsp3) is 0. The van der Waals surface area contributed by atoms with Crippen LogP contribution in [0.25, 0.3) is 56.1 Å². The lowest BCUT2D eigenvalue weighted by molar-refractivity contribution is 1.10. The van der Waals surface area contributed by atoms with Gasteiger partial charge in [-0.2, -0.15) is 5.10 Å². The smallest absolute Gasteiger partial charge is 0.178 e. The molecule has 0 spiro atoms. The molecule has 7 heteroatoms. The zero-order valence-electron chi connectivity index (χ0n) is 15.7. The summed E-state index contributed by atoms with van der Waals surface area (Å²) in [6.07, 6.45) is 5.32. The number of nitrogens with zero attached hydrogens (tertiary/aromatic N) is 5. The fourth-order valence-corrected chi connectivity index (χ4v) is 3.65. The Balaban J connectivity index is 1.52. The van der Waals surface area contributed by atoms with Gasteiger partial charge in [-0.15, -0.1) is 0 Å². The van der Waals surface area contributed by atoms with Crippen LogP contribution in [0.3, 0.4) is 0 Å². The second kappa shape index (κ2) is 6.59. The number of imidazole rings is 1. The Labute approximate surface area is 170 Å². The minimum Gasteiger partial charge on any atom is -0.335 e. The molecule has 0 atom stereocenters. The molecule has 5 heterocycles. The third kappa shape index (κ3) is 2.64. The zero-order chi connectivity index (χ0) is 19.9. The first-order chi connectivity index (χ1) is 14.9. The number of rotatable bonds is 3. The molecule has 0 amide bonds. The number of aromatic amines is 2. The number of pyridine rings is 3. The van der Waals surface area contributed by atoms with Crippen molar-refractivity contribution in [2.75, 3.05) is 0 Å². The molecular weight excluding hydrogens is 374 g/mol. The SMILES string of the molecule is c1ccc(-c2ccc3[nH]nc(-c4nc5nccc(-c6ccccn6)c5[nH]4)c3c2)nc1. The first-order valence-corrected chi connectivity index (χ1v) is 9.53. The maximum atomic E-state index is 4.70. The molecular formula is C23H15N7. The van der Waals surface area contributed by atoms with Crippen molar-refractivity contribution in [3.05, 3.63) is 79.3 Å². The van der Waals surface area contributed by atoms with Crippen LogP contribution in [0.4, 0.5) is 0 Å². The molecule has 6 rings (SSSR count). The molecule has 0 aliphatic carbocycles. The van der Waals surface area contributed by atoms with Crippen molar-refractivity contribution in [2.45, 2.75) is 0 Å². The largest absolute Gasteiger partial charge is 0.335 e. The lowest BCUT2D eigenvalue weighted by Gasteiger charge is -2.01. The molecule has 0 bridgehead atoms. The van der Waals surface area contributed by atoms with Gasteiger partial charge in [0.15, 0.2) is 11.5 Å². The Hall–Kier alpha value is -4.39. The van der Waals surface area contributed by atoms with Crippen LogP contribution < -0.4 is 0 Å². The highest BCUT2D eigenvalue weighted by Crippen LogP contribution is 2.31. The summed E-state index contributed by atoms with van der Waals surface area (Å²) >= 11 is 0. The summed E-state index contributed by atoms with van der Waals surface area (Å²) < 4.78 is 0. The number of H-pyrrole nitrogens is 2. The molecule has 6 aromatic rings. The molecule has 0 radical (unpaired) electrons. The van der Waals surface area contributed by atoms with Gasteiger partial charge in [0.05, 0.1) is 22.4 Å². The highest BCUT2D eigenvalue weighted by Gasteiger charge is 2.16. The molecule has 30 heavy (non-hydrogen) atoms. The van der Waals surface area contributed by atoms with Crippen LogP contribution in [0.5, 0.6) is 0 Å². The molecule has 0 fully saturated rings. The van der Waals surface area contributed by atoms with Gasteiger partial charge in [0.25, 0.3) is 0 Å². The van der Waals surface area contributed by atoms with E-state index in [1.54, 1.807) is 18.6 Å². The first kappa shape index (κ1) is 16.6. The number of fused-ring (bicyclic) bond motifs is 2. The van der Waals surface area contributed by atoms with Crippen molar-refractivity contribution >= 4 is 22.1 Å². The van der Waals surface area contributed by atoms with E-state index in [2.05, 4.69) is 36.2 Å². The lowest BCUT2D eigenvalue weighted by atomic mass is 10.1. The highest BCUT2D eigenvalue weighted by molar-refractivity contribution is 5.97. The van der Waals surface area contributed by atoms with Gasteiger partial charge in [-0.05, 0) is 42.5 Å². The molecule has 0 unspecified atom stereocenters. The Bertz CT molecular complexity index is 1480. The normalized spacial score (nSPS) is 11.3. The molecule has 0 aliphatic heterocycles. The third-order valence-electron chi connectivity index (χ3n) is 5.08. The number of hydrogen-bond donors (Lipinski definition) is 2. The summed E-state index contributed by atoms with van der Waals surface area (Å²) in [5.41, 5.74) is 6.89. The van der Waals surface area contributed by atoms with Crippen molar-refractivity contribution in [1.82, 2.24) is 35.1 Å². The molecule has 0 saturated heterocycles. The molecule has 142 valence electrons. The second-order valence-electron chi connectivity index (χ2n) is 6.91. The molecule has 0 saturated carbocycles. The number of nitrogens with one attached hydrogen (secondary N) is 2. The van der Waals surface area contributed by atoms with Crippen LogP contribution in [0, 0.1) is 0 Å². The summed E-state index contributed by atoms with van der Waals surface area (Å²) in [6, 6.07) is 19.8. The molecule has 7 nitrogen and oxygen atoms in total. The predicted molar refractivity (Wildman–Crippen MR) is 115 cm³/mol. The average Bonchev–Trinajstić information content (AvgIpc) is 3.43. The third-order valence-corrected chi connectivity index (χ3v) is 5.08. The van der Waals surface area contributed by atoms with Crippen LogP contribution in [-0.4, -0.2) is 35.1 Å². The minimum atomic E-state index is 0.630. The van der Waals surface area contributed by atoms with Crippen molar-refractivity contribution in [1.29, 1.82) is 0 Å². The number of aromatic nitrogens is 7. The van der Waals surface area contributed by atoms with Crippen LogP contribution in [0.2, 0.25) is 0 Å². The minimum absolute atomic E-state index is 0.630. The summed E-state index contributed by atoms with van der Waals surface area (Å²) in [6.45, 7) is 0. The van der Waals surface area contributed by atoms with Gasteiger partial charge in [0, 0.05) is 35.1 Å². The second-order valence-corrected chi connectivity index (χ2v) is 6.91. The number of hydrogen-bond acceptors (Lipinski definition) is 5. The van der Waals surface area contributed by atoms with Gasteiger partial charge in [-0.1, -0.05) is 18.2 Å². The van der Waals surface area contributed by atoms with Crippen LogP contribution >= 0.6 is 0 Å². The predicted octanol–water partition coefficient (Wildman–Crippen LogP) is 4.63. The summed E-state index contributed by atoms with van der Waals surface area (Å²) in [4.78, 5) is 21.4. The van der Waals surface area contributed by atoms with Gasteiger partial charge in [-0.3, -0.25) is 15.1 Å². The Morgan fingerprint density at radius 1 is 0.733 bits per heavy atom. The average molecular weight is 389 g/mol. The Morgan fingerprint density at radius 3 is 2.37 bits per heavy atom. The summed E-state index contributed by atoms with van der Waals surface area (Å²) in [7, 11) is 0. The van der Waals surface area contributed by atoms with Gasteiger partial charge >= 0.3 is 0 Å². The zero-order valence-corrected chi connectivity index (χ0v) is 15.7. The van der Waals surface area contributed by atoms with E-state index in [1.807, 2.05) is 54.6 Å². The van der Waals surface area contributed by atoms with E-state index in [0.29, 0.717) is 11.5 Å². The maximum Gasteiger partial charge on any atom is 0.178 e. The van der Waals surface area contributed by atoms with Gasteiger partial charge in [0.2, 0.25) is 0 Å². The van der Waals surface area contributed by atoms with Crippen LogP contribution in [0.1, 0.15) is 0 Å². The standard InChI is InChI=1S/C23H15N7/c1-3-10-24-17(5-1)14-7-8-19-16(13-14)21(30-29-19)23-27-20-15(9-12-26-22(20)28-23)18-6-2-4-11-25-18/h1-13H,(H,29,30)(H,26,27,28). The van der Waals surface area contributed by atoms with Crippen LogP contribution in [0.15, 0.2) is 79.3 Å². The topological polar surface area (TPSA) is 96.0 Å². The van der Waals surface area contributed by atoms with Crippen molar-refractivity contribution in [3.8, 4) is 34.0 Å².